The average Bonchev–Trinajstić information content (AvgIpc) is 2.51. The summed E-state index contributed by atoms with van der Waals surface area (Å²) in [6.45, 7) is 1.05. The average molecular weight is 389 g/mol. The molecule has 0 aliphatic rings. The number of rotatable bonds is 6. The minimum absolute atomic E-state index is 0.260. The minimum atomic E-state index is -0.260. The van der Waals surface area contributed by atoms with Crippen molar-refractivity contribution in [3.05, 3.63) is 56.8 Å². The van der Waals surface area contributed by atoms with Gasteiger partial charge in [0.15, 0.2) is 11.5 Å². The molecule has 0 atom stereocenters. The zero-order chi connectivity index (χ0) is 16.1. The molecule has 0 saturated carbocycles. The SMILES string of the molecule is COc1ccc(CNCc2cc(F)ccc2Br)c(Cl)c1OC. The van der Waals surface area contributed by atoms with Crippen molar-refractivity contribution in [1.29, 1.82) is 0 Å². The van der Waals surface area contributed by atoms with Crippen LogP contribution in [0.15, 0.2) is 34.8 Å². The van der Waals surface area contributed by atoms with Gasteiger partial charge in [0.25, 0.3) is 0 Å². The highest BCUT2D eigenvalue weighted by atomic mass is 79.9. The Morgan fingerprint density at radius 1 is 1.09 bits per heavy atom. The monoisotopic (exact) mass is 387 g/mol. The molecular formula is C16H16BrClFNO2. The van der Waals surface area contributed by atoms with Gasteiger partial charge in [-0.3, -0.25) is 0 Å². The van der Waals surface area contributed by atoms with Crippen LogP contribution in [0.1, 0.15) is 11.1 Å². The summed E-state index contributed by atoms with van der Waals surface area (Å²) >= 11 is 9.72. The molecule has 3 nitrogen and oxygen atoms in total. The van der Waals surface area contributed by atoms with Crippen molar-refractivity contribution < 1.29 is 13.9 Å². The number of hydrogen-bond acceptors (Lipinski definition) is 3. The fourth-order valence-electron chi connectivity index (χ4n) is 2.08. The maximum atomic E-state index is 13.2. The van der Waals surface area contributed by atoms with Crippen LogP contribution in [0.2, 0.25) is 5.02 Å². The van der Waals surface area contributed by atoms with E-state index in [9.17, 15) is 4.39 Å². The van der Waals surface area contributed by atoms with Gasteiger partial charge in [-0.05, 0) is 35.4 Å². The van der Waals surface area contributed by atoms with E-state index in [0.717, 1.165) is 15.6 Å². The van der Waals surface area contributed by atoms with Gasteiger partial charge in [0, 0.05) is 17.6 Å². The van der Waals surface area contributed by atoms with E-state index in [1.165, 1.54) is 12.1 Å². The first kappa shape index (κ1) is 17.1. The molecule has 1 N–H and O–H groups in total. The molecule has 118 valence electrons. The van der Waals surface area contributed by atoms with Crippen molar-refractivity contribution in [2.45, 2.75) is 13.1 Å². The first-order valence-corrected chi connectivity index (χ1v) is 7.78. The molecule has 22 heavy (non-hydrogen) atoms. The largest absolute Gasteiger partial charge is 0.493 e. The molecule has 0 amide bonds. The van der Waals surface area contributed by atoms with Gasteiger partial charge in [-0.15, -0.1) is 0 Å². The van der Waals surface area contributed by atoms with E-state index in [-0.39, 0.29) is 5.82 Å². The number of hydrogen-bond donors (Lipinski definition) is 1. The van der Waals surface area contributed by atoms with Crippen LogP contribution in [0.5, 0.6) is 11.5 Å². The maximum absolute atomic E-state index is 13.2. The van der Waals surface area contributed by atoms with Crippen LogP contribution in [0.25, 0.3) is 0 Å². The molecule has 0 saturated heterocycles. The van der Waals surface area contributed by atoms with Gasteiger partial charge in [0.2, 0.25) is 0 Å². The van der Waals surface area contributed by atoms with Crippen LogP contribution in [0.4, 0.5) is 4.39 Å². The van der Waals surface area contributed by atoms with E-state index >= 15 is 0 Å². The number of methoxy groups -OCH3 is 2. The second-order valence-corrected chi connectivity index (χ2v) is 5.85. The van der Waals surface area contributed by atoms with Gasteiger partial charge in [-0.1, -0.05) is 33.6 Å². The molecule has 2 rings (SSSR count). The summed E-state index contributed by atoms with van der Waals surface area (Å²) in [5, 5.41) is 3.75. The van der Waals surface area contributed by atoms with Crippen molar-refractivity contribution in [2.24, 2.45) is 0 Å². The first-order valence-electron chi connectivity index (χ1n) is 6.60. The lowest BCUT2D eigenvalue weighted by molar-refractivity contribution is 0.354. The van der Waals surface area contributed by atoms with Gasteiger partial charge < -0.3 is 14.8 Å². The Kier molecular flexibility index (Phi) is 6.06. The molecular weight excluding hydrogens is 373 g/mol. The van der Waals surface area contributed by atoms with Crippen molar-refractivity contribution in [3.8, 4) is 11.5 Å². The van der Waals surface area contributed by atoms with Crippen molar-refractivity contribution >= 4 is 27.5 Å². The third kappa shape index (κ3) is 3.91. The zero-order valence-electron chi connectivity index (χ0n) is 12.3. The van der Waals surface area contributed by atoms with Crippen molar-refractivity contribution in [2.75, 3.05) is 14.2 Å². The normalized spacial score (nSPS) is 10.6. The van der Waals surface area contributed by atoms with E-state index in [1.54, 1.807) is 26.4 Å². The molecule has 0 unspecified atom stereocenters. The third-order valence-corrected chi connectivity index (χ3v) is 4.39. The number of benzene rings is 2. The highest BCUT2D eigenvalue weighted by Gasteiger charge is 2.12. The van der Waals surface area contributed by atoms with Gasteiger partial charge in [0.1, 0.15) is 5.82 Å². The van der Waals surface area contributed by atoms with E-state index < -0.39 is 0 Å². The van der Waals surface area contributed by atoms with E-state index in [1.807, 2.05) is 6.07 Å². The molecule has 0 aliphatic carbocycles. The summed E-state index contributed by atoms with van der Waals surface area (Å²) in [5.74, 6) is 0.837. The highest BCUT2D eigenvalue weighted by Crippen LogP contribution is 2.37. The fourth-order valence-corrected chi connectivity index (χ4v) is 2.76. The predicted octanol–water partition coefficient (Wildman–Crippen LogP) is 4.55. The Hall–Kier alpha value is -1.30. The summed E-state index contributed by atoms with van der Waals surface area (Å²) < 4.78 is 24.6. The number of halogens is 3. The molecule has 2 aromatic carbocycles. The molecule has 0 aromatic heterocycles. The molecule has 0 fully saturated rings. The summed E-state index contributed by atoms with van der Waals surface area (Å²) in [5.41, 5.74) is 1.73. The molecule has 0 spiro atoms. The Bertz CT molecular complexity index is 667. The van der Waals surface area contributed by atoms with E-state index in [4.69, 9.17) is 21.1 Å². The molecule has 2 aromatic rings. The summed E-state index contributed by atoms with van der Waals surface area (Å²) in [7, 11) is 3.11. The van der Waals surface area contributed by atoms with Crippen LogP contribution < -0.4 is 14.8 Å². The van der Waals surface area contributed by atoms with Crippen molar-refractivity contribution in [1.82, 2.24) is 5.32 Å². The van der Waals surface area contributed by atoms with Crippen molar-refractivity contribution in [3.63, 3.8) is 0 Å². The Balaban J connectivity index is 2.07. The Morgan fingerprint density at radius 3 is 2.50 bits per heavy atom. The van der Waals surface area contributed by atoms with E-state index in [0.29, 0.717) is 29.6 Å². The summed E-state index contributed by atoms with van der Waals surface area (Å²) in [6.07, 6.45) is 0. The van der Waals surface area contributed by atoms with Gasteiger partial charge in [0.05, 0.1) is 19.2 Å². The van der Waals surface area contributed by atoms with Crippen LogP contribution in [-0.4, -0.2) is 14.2 Å². The number of nitrogens with one attached hydrogen (secondary N) is 1. The summed E-state index contributed by atoms with van der Waals surface area (Å²) in [6, 6.07) is 8.28. The Labute approximate surface area is 142 Å². The topological polar surface area (TPSA) is 30.5 Å². The third-order valence-electron chi connectivity index (χ3n) is 3.20. The lowest BCUT2D eigenvalue weighted by atomic mass is 10.1. The lowest BCUT2D eigenvalue weighted by Crippen LogP contribution is -2.14. The van der Waals surface area contributed by atoms with Crippen LogP contribution in [0.3, 0.4) is 0 Å². The summed E-state index contributed by atoms with van der Waals surface area (Å²) in [4.78, 5) is 0. The zero-order valence-corrected chi connectivity index (χ0v) is 14.6. The second kappa shape index (κ2) is 7.81. The lowest BCUT2D eigenvalue weighted by Gasteiger charge is -2.13. The van der Waals surface area contributed by atoms with Crippen LogP contribution in [-0.2, 0) is 13.1 Å². The standard InChI is InChI=1S/C16H16BrClFNO2/c1-21-14-6-3-10(15(18)16(14)22-2)8-20-9-11-7-12(19)4-5-13(11)17/h3-7,20H,8-9H2,1-2H3. The molecule has 0 bridgehead atoms. The Morgan fingerprint density at radius 2 is 1.82 bits per heavy atom. The highest BCUT2D eigenvalue weighted by molar-refractivity contribution is 9.10. The fraction of sp³-hybridized carbons (Fsp3) is 0.250. The van der Waals surface area contributed by atoms with Crippen LogP contribution >= 0.6 is 27.5 Å². The molecule has 0 radical (unpaired) electrons. The quantitative estimate of drug-likeness (QED) is 0.787. The van der Waals surface area contributed by atoms with Gasteiger partial charge in [-0.2, -0.15) is 0 Å². The van der Waals surface area contributed by atoms with Crippen LogP contribution in [0, 0.1) is 5.82 Å². The molecule has 0 aliphatic heterocycles. The smallest absolute Gasteiger partial charge is 0.179 e. The molecule has 6 heteroatoms. The second-order valence-electron chi connectivity index (χ2n) is 4.61. The van der Waals surface area contributed by atoms with Gasteiger partial charge >= 0.3 is 0 Å². The van der Waals surface area contributed by atoms with Gasteiger partial charge in [-0.25, -0.2) is 4.39 Å². The predicted molar refractivity (Wildman–Crippen MR) is 89.2 cm³/mol. The number of ether oxygens (including phenoxy) is 2. The molecule has 0 heterocycles. The first-order chi connectivity index (χ1) is 10.6. The van der Waals surface area contributed by atoms with E-state index in [2.05, 4.69) is 21.2 Å². The minimum Gasteiger partial charge on any atom is -0.493 e. The maximum Gasteiger partial charge on any atom is 0.179 e.